The van der Waals surface area contributed by atoms with Crippen molar-refractivity contribution in [3.8, 4) is 34.5 Å². The van der Waals surface area contributed by atoms with Gasteiger partial charge in [-0.1, -0.05) is 24.3 Å². The van der Waals surface area contributed by atoms with Gasteiger partial charge in [-0.15, -0.1) is 0 Å². The summed E-state index contributed by atoms with van der Waals surface area (Å²) >= 11 is 0. The Morgan fingerprint density at radius 1 is 0.776 bits per heavy atom. The number of aliphatic hydroxyl groups is 1. The molecule has 0 spiro atoms. The zero-order valence-electron chi connectivity index (χ0n) is 29.2. The van der Waals surface area contributed by atoms with Crippen LogP contribution in [0.2, 0.25) is 0 Å². The fourth-order valence-corrected chi connectivity index (χ4v) is 7.81. The van der Waals surface area contributed by atoms with E-state index < -0.39 is 5.97 Å². The number of hydrogen-bond donors (Lipinski definition) is 1. The van der Waals surface area contributed by atoms with Crippen molar-refractivity contribution in [1.82, 2.24) is 9.80 Å². The van der Waals surface area contributed by atoms with Crippen molar-refractivity contribution in [2.45, 2.75) is 50.2 Å². The molecule has 3 atom stereocenters. The third-order valence-electron chi connectivity index (χ3n) is 10.4. The molecule has 4 aliphatic rings. The van der Waals surface area contributed by atoms with E-state index in [2.05, 4.69) is 66.4 Å². The zero-order valence-corrected chi connectivity index (χ0v) is 29.2. The molecule has 2 bridgehead atoms. The molecule has 0 radical (unpaired) electrons. The van der Waals surface area contributed by atoms with Gasteiger partial charge in [0.1, 0.15) is 11.5 Å². The number of methoxy groups -OCH3 is 4. The van der Waals surface area contributed by atoms with Crippen LogP contribution in [0.25, 0.3) is 0 Å². The third-order valence-corrected chi connectivity index (χ3v) is 10.4. The highest BCUT2D eigenvalue weighted by atomic mass is 16.8. The highest BCUT2D eigenvalue weighted by Gasteiger charge is 2.40. The average Bonchev–Trinajstić information content (AvgIpc) is 3.14. The first-order valence-electron chi connectivity index (χ1n) is 16.9. The van der Waals surface area contributed by atoms with Crippen LogP contribution in [0.5, 0.6) is 34.5 Å². The van der Waals surface area contributed by atoms with Crippen LogP contribution in [0.3, 0.4) is 0 Å². The maximum atomic E-state index is 12.3. The standard InChI is InChI=1S/C40H46N2O7/c1-41-17-15-27-21-35(44-3)36(45-4)23-31(27)33(41)19-25-7-11-29(12-8-25)48-40(43)24-32-38-28(22-37(46-5)39(32)47-6)16-18-42(2)34(38)20-26-9-13-30(49-40)14-10-26/h7-14,21-23,33-34,43H,15-20,24H2,1-6H3/t33-,34-,40?/m1/s1. The number of ether oxygens (including phenoxy) is 6. The number of fused-ring (bicyclic) bond motifs is 5. The van der Waals surface area contributed by atoms with E-state index in [0.29, 0.717) is 23.0 Å². The fraction of sp³-hybridized carbons (Fsp3) is 0.400. The monoisotopic (exact) mass is 666 g/mol. The molecule has 1 N–H and O–H groups in total. The number of likely N-dealkylation sites (N-methyl/N-ethyl adjacent to an activating group) is 2. The van der Waals surface area contributed by atoms with Gasteiger partial charge in [-0.2, -0.15) is 0 Å². The molecule has 258 valence electrons. The molecule has 0 fully saturated rings. The molecule has 9 heteroatoms. The molecule has 0 aliphatic carbocycles. The maximum Gasteiger partial charge on any atom is 0.373 e. The SMILES string of the molecule is COc1cc2c(cc1OC)[C@@H](Cc1ccc(OC3(O)Cc4c(OC)c(OC)cc5c4[C@@H](Cc4ccc(cc4)O3)N(C)CC5)cc1)N(C)CC2. The lowest BCUT2D eigenvalue weighted by molar-refractivity contribution is -0.271. The summed E-state index contributed by atoms with van der Waals surface area (Å²) < 4.78 is 35.7. The van der Waals surface area contributed by atoms with Crippen LogP contribution in [0.15, 0.2) is 66.7 Å². The van der Waals surface area contributed by atoms with E-state index >= 15 is 0 Å². The van der Waals surface area contributed by atoms with Crippen molar-refractivity contribution >= 4 is 0 Å². The smallest absolute Gasteiger partial charge is 0.373 e. The number of hydrogen-bond acceptors (Lipinski definition) is 9. The van der Waals surface area contributed by atoms with E-state index in [4.69, 9.17) is 28.4 Å². The molecular formula is C40H46N2O7. The largest absolute Gasteiger partial charge is 0.493 e. The van der Waals surface area contributed by atoms with Crippen molar-refractivity contribution in [2.24, 2.45) is 0 Å². The predicted octanol–water partition coefficient (Wildman–Crippen LogP) is 5.92. The maximum absolute atomic E-state index is 12.3. The van der Waals surface area contributed by atoms with Gasteiger partial charge in [0.05, 0.1) is 34.9 Å². The summed E-state index contributed by atoms with van der Waals surface area (Å²) in [6.07, 6.45) is 3.45. The second-order valence-electron chi connectivity index (χ2n) is 13.4. The topological polar surface area (TPSA) is 82.1 Å². The Bertz CT molecular complexity index is 1810. The van der Waals surface area contributed by atoms with Crippen molar-refractivity contribution in [3.63, 3.8) is 0 Å². The molecule has 4 aromatic rings. The molecule has 0 saturated heterocycles. The summed E-state index contributed by atoms with van der Waals surface area (Å²) in [5, 5.41) is 12.3. The summed E-state index contributed by atoms with van der Waals surface area (Å²) in [4.78, 5) is 4.76. The molecule has 1 unspecified atom stereocenters. The van der Waals surface area contributed by atoms with Crippen LogP contribution < -0.4 is 28.4 Å². The number of benzene rings is 4. The Labute approximate surface area is 288 Å². The summed E-state index contributed by atoms with van der Waals surface area (Å²) in [6, 6.07) is 22.4. The molecule has 8 rings (SSSR count). The minimum Gasteiger partial charge on any atom is -0.493 e. The van der Waals surface area contributed by atoms with E-state index in [9.17, 15) is 5.11 Å². The zero-order chi connectivity index (χ0) is 34.3. The Kier molecular flexibility index (Phi) is 9.09. The van der Waals surface area contributed by atoms with E-state index in [1.807, 2.05) is 24.3 Å². The summed E-state index contributed by atoms with van der Waals surface area (Å²) in [6.45, 7) is 1.87. The summed E-state index contributed by atoms with van der Waals surface area (Å²) in [5.41, 5.74) is 7.99. The second kappa shape index (κ2) is 13.5. The molecule has 9 nitrogen and oxygen atoms in total. The minimum absolute atomic E-state index is 0.0251. The molecule has 0 amide bonds. The molecule has 4 aliphatic heterocycles. The summed E-state index contributed by atoms with van der Waals surface area (Å²) in [5.74, 6) is 1.67. The lowest BCUT2D eigenvalue weighted by atomic mass is 9.83. The van der Waals surface area contributed by atoms with Gasteiger partial charge in [0.25, 0.3) is 0 Å². The van der Waals surface area contributed by atoms with Crippen LogP contribution in [0, 0.1) is 0 Å². The molecule has 4 aromatic carbocycles. The average molecular weight is 667 g/mol. The van der Waals surface area contributed by atoms with Gasteiger partial charge in [-0.3, -0.25) is 9.80 Å². The Hall–Kier alpha value is -4.44. The Balaban J connectivity index is 1.21. The van der Waals surface area contributed by atoms with Crippen molar-refractivity contribution in [1.29, 1.82) is 0 Å². The fourth-order valence-electron chi connectivity index (χ4n) is 7.81. The van der Waals surface area contributed by atoms with Gasteiger partial charge in [0.2, 0.25) is 0 Å². The molecule has 4 heterocycles. The normalized spacial score (nSPS) is 21.9. The molecule has 0 saturated carbocycles. The Morgan fingerprint density at radius 3 is 2.12 bits per heavy atom. The lowest BCUT2D eigenvalue weighted by Gasteiger charge is -2.38. The number of nitrogens with zero attached hydrogens (tertiary/aromatic N) is 2. The molecule has 0 aromatic heterocycles. The first-order valence-corrected chi connectivity index (χ1v) is 16.9. The van der Waals surface area contributed by atoms with Crippen LogP contribution in [0.1, 0.15) is 51.0 Å². The first kappa shape index (κ1) is 33.1. The lowest BCUT2D eigenvalue weighted by Crippen LogP contribution is -2.45. The van der Waals surface area contributed by atoms with E-state index in [1.54, 1.807) is 28.4 Å². The van der Waals surface area contributed by atoms with E-state index in [1.165, 1.54) is 22.3 Å². The third kappa shape index (κ3) is 6.38. The summed E-state index contributed by atoms with van der Waals surface area (Å²) in [7, 11) is 10.9. The van der Waals surface area contributed by atoms with Crippen LogP contribution in [0.4, 0.5) is 0 Å². The predicted molar refractivity (Wildman–Crippen MR) is 187 cm³/mol. The van der Waals surface area contributed by atoms with E-state index in [-0.39, 0.29) is 18.5 Å². The highest BCUT2D eigenvalue weighted by Crippen LogP contribution is 2.46. The second-order valence-corrected chi connectivity index (χ2v) is 13.4. The highest BCUT2D eigenvalue weighted by molar-refractivity contribution is 5.57. The van der Waals surface area contributed by atoms with Crippen LogP contribution in [-0.4, -0.2) is 76.5 Å². The van der Waals surface area contributed by atoms with Gasteiger partial charge < -0.3 is 33.5 Å². The molecular weight excluding hydrogens is 620 g/mol. The van der Waals surface area contributed by atoms with Gasteiger partial charge in [-0.05, 0) is 116 Å². The van der Waals surface area contributed by atoms with Gasteiger partial charge in [0.15, 0.2) is 23.0 Å². The quantitative estimate of drug-likeness (QED) is 0.231. The minimum atomic E-state index is -2.04. The first-order chi connectivity index (χ1) is 23.7. The molecule has 49 heavy (non-hydrogen) atoms. The van der Waals surface area contributed by atoms with Gasteiger partial charge >= 0.3 is 5.97 Å². The Morgan fingerprint density at radius 2 is 1.43 bits per heavy atom. The number of rotatable bonds is 8. The van der Waals surface area contributed by atoms with Crippen LogP contribution in [-0.2, 0) is 32.1 Å². The van der Waals surface area contributed by atoms with E-state index in [0.717, 1.165) is 67.0 Å². The van der Waals surface area contributed by atoms with Gasteiger partial charge in [-0.25, -0.2) is 0 Å². The van der Waals surface area contributed by atoms with Crippen molar-refractivity contribution in [3.05, 3.63) is 106 Å². The van der Waals surface area contributed by atoms with Crippen LogP contribution >= 0.6 is 0 Å². The van der Waals surface area contributed by atoms with Crippen molar-refractivity contribution < 1.29 is 33.5 Å². The van der Waals surface area contributed by atoms with Crippen molar-refractivity contribution in [2.75, 3.05) is 55.6 Å². The van der Waals surface area contributed by atoms with Gasteiger partial charge in [0, 0.05) is 30.7 Å².